The molecule has 0 N–H and O–H groups in total. The van der Waals surface area contributed by atoms with Crippen LogP contribution in [-0.4, -0.2) is 32.9 Å². The molecule has 0 atom stereocenters. The van der Waals surface area contributed by atoms with E-state index in [1.54, 1.807) is 54.1 Å². The van der Waals surface area contributed by atoms with E-state index in [4.69, 9.17) is 4.74 Å². The van der Waals surface area contributed by atoms with Crippen molar-refractivity contribution in [2.24, 2.45) is 7.05 Å². The van der Waals surface area contributed by atoms with Crippen molar-refractivity contribution < 1.29 is 13.9 Å². The number of thioether (sulfide) groups is 1. The molecule has 1 aromatic heterocycles. The summed E-state index contributed by atoms with van der Waals surface area (Å²) < 4.78 is 21.0. The van der Waals surface area contributed by atoms with Crippen LogP contribution in [0.1, 0.15) is 17.3 Å². The number of rotatable bonds is 7. The van der Waals surface area contributed by atoms with Crippen molar-refractivity contribution in [1.82, 2.24) is 14.8 Å². The number of hydrogen-bond acceptors (Lipinski definition) is 5. The van der Waals surface area contributed by atoms with E-state index in [0.29, 0.717) is 28.7 Å². The summed E-state index contributed by atoms with van der Waals surface area (Å²) in [5.41, 5.74) is 0.990. The quantitative estimate of drug-likeness (QED) is 0.464. The fourth-order valence-corrected chi connectivity index (χ4v) is 3.24. The topological polar surface area (TPSA) is 57.0 Å². The van der Waals surface area contributed by atoms with Gasteiger partial charge in [0, 0.05) is 12.6 Å². The van der Waals surface area contributed by atoms with Gasteiger partial charge in [-0.25, -0.2) is 4.39 Å². The summed E-state index contributed by atoms with van der Waals surface area (Å²) in [5, 5.41) is 8.69. The predicted octanol–water partition coefficient (Wildman–Crippen LogP) is 3.99. The molecule has 0 saturated heterocycles. The Bertz CT molecular complexity index is 909. The molecule has 3 aromatic rings. The number of aromatic nitrogens is 3. The van der Waals surface area contributed by atoms with Crippen LogP contribution in [0.2, 0.25) is 0 Å². The molecule has 0 unspecified atom stereocenters. The van der Waals surface area contributed by atoms with E-state index in [-0.39, 0.29) is 17.4 Å². The molecule has 3 rings (SSSR count). The van der Waals surface area contributed by atoms with Crippen LogP contribution >= 0.6 is 11.8 Å². The summed E-state index contributed by atoms with van der Waals surface area (Å²) in [7, 11) is 1.76. The number of halogens is 1. The van der Waals surface area contributed by atoms with Crippen molar-refractivity contribution in [3.63, 3.8) is 0 Å². The lowest BCUT2D eigenvalue weighted by Gasteiger charge is -2.06. The third kappa shape index (κ3) is 3.94. The minimum atomic E-state index is -0.356. The van der Waals surface area contributed by atoms with Crippen LogP contribution in [0.25, 0.3) is 11.4 Å². The fourth-order valence-electron chi connectivity index (χ4n) is 2.43. The van der Waals surface area contributed by atoms with Gasteiger partial charge in [0.15, 0.2) is 16.8 Å². The summed E-state index contributed by atoms with van der Waals surface area (Å²) in [5.74, 6) is 1.01. The number of Topliss-reactive ketones (excluding diaryl/α,β-unsaturated/α-hetero) is 1. The van der Waals surface area contributed by atoms with E-state index < -0.39 is 0 Å². The average molecular weight is 371 g/mol. The number of carbonyl (C=O) groups excluding carboxylic acids is 1. The normalized spacial score (nSPS) is 10.7. The minimum Gasteiger partial charge on any atom is -0.494 e. The summed E-state index contributed by atoms with van der Waals surface area (Å²) in [4.78, 5) is 12.4. The lowest BCUT2D eigenvalue weighted by molar-refractivity contribution is 0.102. The van der Waals surface area contributed by atoms with Crippen LogP contribution < -0.4 is 4.74 Å². The van der Waals surface area contributed by atoms with Crippen molar-refractivity contribution in [2.75, 3.05) is 12.4 Å². The zero-order valence-corrected chi connectivity index (χ0v) is 15.3. The molecule has 0 radical (unpaired) electrons. The number of carbonyl (C=O) groups is 1. The standard InChI is InChI=1S/C19H18FN3O2S/c1-3-25-14-10-8-13(9-11-14)17(24)12-26-19-22-21-18(23(19)2)15-6-4-5-7-16(15)20/h4-11H,3,12H2,1-2H3. The molecule has 2 aromatic carbocycles. The highest BCUT2D eigenvalue weighted by Gasteiger charge is 2.16. The Morgan fingerprint density at radius 2 is 1.88 bits per heavy atom. The molecule has 0 aliphatic heterocycles. The Balaban J connectivity index is 1.68. The van der Waals surface area contributed by atoms with Crippen LogP contribution in [0.4, 0.5) is 4.39 Å². The molecular formula is C19H18FN3O2S. The van der Waals surface area contributed by atoms with E-state index >= 15 is 0 Å². The van der Waals surface area contributed by atoms with E-state index in [9.17, 15) is 9.18 Å². The second kappa shape index (κ2) is 8.14. The molecule has 0 spiro atoms. The van der Waals surface area contributed by atoms with Gasteiger partial charge in [-0.15, -0.1) is 10.2 Å². The van der Waals surface area contributed by atoms with E-state index in [1.807, 2.05) is 6.92 Å². The Kier molecular flexibility index (Phi) is 5.68. The molecule has 5 nitrogen and oxygen atoms in total. The minimum absolute atomic E-state index is 0.0199. The molecule has 0 bridgehead atoms. The zero-order valence-electron chi connectivity index (χ0n) is 14.5. The highest BCUT2D eigenvalue weighted by Crippen LogP contribution is 2.25. The second-order valence-corrected chi connectivity index (χ2v) is 6.46. The first-order valence-electron chi connectivity index (χ1n) is 8.13. The van der Waals surface area contributed by atoms with Crippen molar-refractivity contribution in [3.05, 3.63) is 59.9 Å². The fraction of sp³-hybridized carbons (Fsp3) is 0.211. The lowest BCUT2D eigenvalue weighted by Crippen LogP contribution is -2.04. The van der Waals surface area contributed by atoms with Crippen molar-refractivity contribution in [1.29, 1.82) is 0 Å². The van der Waals surface area contributed by atoms with Crippen molar-refractivity contribution in [3.8, 4) is 17.1 Å². The second-order valence-electron chi connectivity index (χ2n) is 5.51. The highest BCUT2D eigenvalue weighted by atomic mass is 32.2. The summed E-state index contributed by atoms with van der Waals surface area (Å²) in [6.45, 7) is 2.49. The first kappa shape index (κ1) is 18.1. The van der Waals surface area contributed by atoms with Crippen LogP contribution in [0, 0.1) is 5.82 Å². The molecule has 0 aliphatic carbocycles. The van der Waals surface area contributed by atoms with Gasteiger partial charge in [-0.3, -0.25) is 4.79 Å². The largest absolute Gasteiger partial charge is 0.494 e. The van der Waals surface area contributed by atoms with Gasteiger partial charge in [-0.1, -0.05) is 23.9 Å². The lowest BCUT2D eigenvalue weighted by atomic mass is 10.1. The zero-order chi connectivity index (χ0) is 18.5. The number of hydrogen-bond donors (Lipinski definition) is 0. The van der Waals surface area contributed by atoms with Gasteiger partial charge in [0.05, 0.1) is 17.9 Å². The Morgan fingerprint density at radius 3 is 2.58 bits per heavy atom. The summed E-state index contributed by atoms with van der Waals surface area (Å²) in [6.07, 6.45) is 0. The predicted molar refractivity (Wildman–Crippen MR) is 99.1 cm³/mol. The monoisotopic (exact) mass is 371 g/mol. The molecule has 134 valence electrons. The molecule has 7 heteroatoms. The molecule has 0 aliphatic rings. The summed E-state index contributed by atoms with van der Waals surface area (Å²) in [6, 6.07) is 13.4. The maximum absolute atomic E-state index is 13.9. The molecular weight excluding hydrogens is 353 g/mol. The summed E-state index contributed by atoms with van der Waals surface area (Å²) >= 11 is 1.27. The van der Waals surface area contributed by atoms with Gasteiger partial charge in [-0.2, -0.15) is 0 Å². The Labute approximate surface area is 155 Å². The molecule has 26 heavy (non-hydrogen) atoms. The van der Waals surface area contributed by atoms with Crippen molar-refractivity contribution in [2.45, 2.75) is 12.1 Å². The molecule has 1 heterocycles. The molecule has 0 fully saturated rings. The average Bonchev–Trinajstić information content (AvgIpc) is 3.01. The number of ether oxygens (including phenoxy) is 1. The Hall–Kier alpha value is -2.67. The van der Waals surface area contributed by atoms with Crippen molar-refractivity contribution >= 4 is 17.5 Å². The number of ketones is 1. The van der Waals surface area contributed by atoms with Crippen LogP contribution in [-0.2, 0) is 7.05 Å². The van der Waals surface area contributed by atoms with Crippen LogP contribution in [0.3, 0.4) is 0 Å². The van der Waals surface area contributed by atoms with Gasteiger partial charge in [0.2, 0.25) is 0 Å². The maximum Gasteiger partial charge on any atom is 0.191 e. The van der Waals surface area contributed by atoms with Gasteiger partial charge < -0.3 is 9.30 Å². The Morgan fingerprint density at radius 1 is 1.15 bits per heavy atom. The number of benzene rings is 2. The van der Waals surface area contributed by atoms with E-state index in [1.165, 1.54) is 17.8 Å². The highest BCUT2D eigenvalue weighted by molar-refractivity contribution is 7.99. The SMILES string of the molecule is CCOc1ccc(C(=O)CSc2nnc(-c3ccccc3F)n2C)cc1. The first-order valence-corrected chi connectivity index (χ1v) is 9.12. The van der Waals surface area contributed by atoms with E-state index in [2.05, 4.69) is 10.2 Å². The van der Waals surface area contributed by atoms with E-state index in [0.717, 1.165) is 5.75 Å². The van der Waals surface area contributed by atoms with Gasteiger partial charge in [0.1, 0.15) is 11.6 Å². The van der Waals surface area contributed by atoms with Gasteiger partial charge in [0.25, 0.3) is 0 Å². The molecule has 0 amide bonds. The van der Waals surface area contributed by atoms with Crippen LogP contribution in [0.5, 0.6) is 5.75 Å². The number of nitrogens with zero attached hydrogens (tertiary/aromatic N) is 3. The smallest absolute Gasteiger partial charge is 0.191 e. The van der Waals surface area contributed by atoms with Crippen LogP contribution in [0.15, 0.2) is 53.7 Å². The molecule has 0 saturated carbocycles. The van der Waals surface area contributed by atoms with Gasteiger partial charge >= 0.3 is 0 Å². The third-order valence-corrected chi connectivity index (χ3v) is 4.79. The van der Waals surface area contributed by atoms with Gasteiger partial charge in [-0.05, 0) is 43.3 Å². The first-order chi connectivity index (χ1) is 12.6. The maximum atomic E-state index is 13.9. The third-order valence-electron chi connectivity index (χ3n) is 3.77.